The van der Waals surface area contributed by atoms with Gasteiger partial charge in [-0.25, -0.2) is 0 Å². The molecule has 0 saturated carbocycles. The van der Waals surface area contributed by atoms with Gasteiger partial charge in [-0.15, -0.1) is 0 Å². The average Bonchev–Trinajstić information content (AvgIpc) is 2.38. The van der Waals surface area contributed by atoms with E-state index in [0.29, 0.717) is 11.5 Å². The van der Waals surface area contributed by atoms with Crippen LogP contribution in [0.25, 0.3) is 0 Å². The lowest BCUT2D eigenvalue weighted by Gasteiger charge is -2.47. The lowest BCUT2D eigenvalue weighted by molar-refractivity contribution is 0.0535. The van der Waals surface area contributed by atoms with Crippen LogP contribution in [0, 0.1) is 5.41 Å². The van der Waals surface area contributed by atoms with Gasteiger partial charge >= 0.3 is 0 Å². The molecule has 19 heavy (non-hydrogen) atoms. The first-order chi connectivity index (χ1) is 8.83. The van der Waals surface area contributed by atoms with Crippen LogP contribution in [0.2, 0.25) is 0 Å². The summed E-state index contributed by atoms with van der Waals surface area (Å²) in [4.78, 5) is 2.63. The molecular formula is C17H28N2. The summed E-state index contributed by atoms with van der Waals surface area (Å²) in [6.45, 7) is 15.0. The summed E-state index contributed by atoms with van der Waals surface area (Å²) >= 11 is 0. The highest BCUT2D eigenvalue weighted by Crippen LogP contribution is 2.30. The summed E-state index contributed by atoms with van der Waals surface area (Å²) in [7, 11) is 0. The second-order valence-corrected chi connectivity index (χ2v) is 7.14. The van der Waals surface area contributed by atoms with Gasteiger partial charge in [0.25, 0.3) is 0 Å². The third-order valence-corrected chi connectivity index (χ3v) is 4.65. The molecule has 1 saturated heterocycles. The molecule has 2 nitrogen and oxygen atoms in total. The third-order valence-electron chi connectivity index (χ3n) is 4.65. The van der Waals surface area contributed by atoms with Crippen molar-refractivity contribution in [3.63, 3.8) is 0 Å². The molecule has 0 spiro atoms. The lowest BCUT2D eigenvalue weighted by Crippen LogP contribution is -2.60. The van der Waals surface area contributed by atoms with E-state index in [1.54, 1.807) is 0 Å². The Labute approximate surface area is 118 Å². The highest BCUT2D eigenvalue weighted by atomic mass is 15.2. The first-order valence-electron chi connectivity index (χ1n) is 7.37. The van der Waals surface area contributed by atoms with Crippen LogP contribution in [-0.4, -0.2) is 30.6 Å². The van der Waals surface area contributed by atoms with E-state index in [1.165, 1.54) is 5.56 Å². The molecule has 2 rings (SSSR count). The van der Waals surface area contributed by atoms with Gasteiger partial charge in [-0.1, -0.05) is 51.1 Å². The fraction of sp³-hybridized carbons (Fsp3) is 0.647. The van der Waals surface area contributed by atoms with Crippen molar-refractivity contribution in [3.8, 4) is 0 Å². The van der Waals surface area contributed by atoms with Crippen LogP contribution in [0.3, 0.4) is 0 Å². The maximum Gasteiger partial charge on any atom is 0.0535 e. The molecule has 1 aliphatic rings. The Hall–Kier alpha value is -0.860. The number of rotatable bonds is 2. The molecule has 0 amide bonds. The normalized spacial score (nSPS) is 27.2. The zero-order valence-corrected chi connectivity index (χ0v) is 13.0. The first-order valence-corrected chi connectivity index (χ1v) is 7.37. The minimum Gasteiger partial charge on any atom is -0.305 e. The molecule has 2 heteroatoms. The van der Waals surface area contributed by atoms with Gasteiger partial charge in [0.2, 0.25) is 0 Å². The third kappa shape index (κ3) is 3.18. The Kier molecular flexibility index (Phi) is 4.03. The summed E-state index contributed by atoms with van der Waals surface area (Å²) in [6, 6.07) is 11.4. The van der Waals surface area contributed by atoms with Crippen molar-refractivity contribution in [2.24, 2.45) is 5.41 Å². The van der Waals surface area contributed by atoms with E-state index < -0.39 is 0 Å². The molecule has 0 radical (unpaired) electrons. The van der Waals surface area contributed by atoms with E-state index in [1.807, 2.05) is 0 Å². The van der Waals surface area contributed by atoms with Crippen molar-refractivity contribution < 1.29 is 0 Å². The number of benzene rings is 1. The molecule has 0 aliphatic carbocycles. The quantitative estimate of drug-likeness (QED) is 0.878. The van der Waals surface area contributed by atoms with E-state index in [4.69, 9.17) is 0 Å². The van der Waals surface area contributed by atoms with E-state index in [2.05, 4.69) is 75.2 Å². The summed E-state index contributed by atoms with van der Waals surface area (Å²) in [5.41, 5.74) is 1.79. The molecule has 0 bridgehead atoms. The van der Waals surface area contributed by atoms with Crippen molar-refractivity contribution in [1.82, 2.24) is 10.2 Å². The predicted octanol–water partition coefficient (Wildman–Crippen LogP) is 3.24. The van der Waals surface area contributed by atoms with Gasteiger partial charge in [0.15, 0.2) is 0 Å². The van der Waals surface area contributed by atoms with Crippen molar-refractivity contribution in [2.75, 3.05) is 19.6 Å². The van der Waals surface area contributed by atoms with Gasteiger partial charge in [-0.2, -0.15) is 0 Å². The molecule has 1 fully saturated rings. The van der Waals surface area contributed by atoms with E-state index in [9.17, 15) is 0 Å². The largest absolute Gasteiger partial charge is 0.305 e. The Morgan fingerprint density at radius 1 is 1.21 bits per heavy atom. The van der Waals surface area contributed by atoms with Crippen LogP contribution in [-0.2, 0) is 5.54 Å². The van der Waals surface area contributed by atoms with Gasteiger partial charge in [0.1, 0.15) is 0 Å². The molecule has 1 aromatic carbocycles. The second-order valence-electron chi connectivity index (χ2n) is 7.14. The molecule has 2 atom stereocenters. The van der Waals surface area contributed by atoms with Crippen LogP contribution in [0.15, 0.2) is 30.3 Å². The van der Waals surface area contributed by atoms with Gasteiger partial charge in [0.05, 0.1) is 5.54 Å². The van der Waals surface area contributed by atoms with E-state index in [-0.39, 0.29) is 5.54 Å². The fourth-order valence-corrected chi connectivity index (χ4v) is 2.89. The maximum absolute atomic E-state index is 3.71. The Morgan fingerprint density at radius 2 is 1.84 bits per heavy atom. The van der Waals surface area contributed by atoms with E-state index >= 15 is 0 Å². The van der Waals surface area contributed by atoms with Gasteiger partial charge in [0, 0.05) is 25.7 Å². The molecule has 1 aliphatic heterocycles. The minimum atomic E-state index is 0.0685. The van der Waals surface area contributed by atoms with Crippen molar-refractivity contribution in [1.29, 1.82) is 0 Å². The molecule has 2 unspecified atom stereocenters. The zero-order chi connectivity index (χ0) is 14.1. The van der Waals surface area contributed by atoms with Crippen molar-refractivity contribution in [2.45, 2.75) is 46.2 Å². The summed E-state index contributed by atoms with van der Waals surface area (Å²) in [6.07, 6.45) is 0. The Balaban J connectivity index is 2.17. The number of nitrogens with zero attached hydrogens (tertiary/aromatic N) is 1. The van der Waals surface area contributed by atoms with Gasteiger partial charge < -0.3 is 5.32 Å². The molecule has 0 aromatic heterocycles. The fourth-order valence-electron chi connectivity index (χ4n) is 2.89. The van der Waals surface area contributed by atoms with Crippen LogP contribution in [0.5, 0.6) is 0 Å². The number of nitrogens with one attached hydrogen (secondary N) is 1. The summed E-state index contributed by atoms with van der Waals surface area (Å²) < 4.78 is 0. The van der Waals surface area contributed by atoms with Crippen LogP contribution < -0.4 is 5.32 Å². The lowest BCUT2D eigenvalue weighted by atomic mass is 9.83. The van der Waals surface area contributed by atoms with Gasteiger partial charge in [-0.3, -0.25) is 4.90 Å². The zero-order valence-electron chi connectivity index (χ0n) is 13.0. The first kappa shape index (κ1) is 14.5. The molecule has 1 heterocycles. The average molecular weight is 260 g/mol. The molecule has 1 N–H and O–H groups in total. The molecule has 1 aromatic rings. The SMILES string of the molecule is CC(N1CCNC(C)(c2ccccc2)C1)C(C)(C)C. The summed E-state index contributed by atoms with van der Waals surface area (Å²) in [5.74, 6) is 0. The predicted molar refractivity (Wildman–Crippen MR) is 82.3 cm³/mol. The number of hydrogen-bond donors (Lipinski definition) is 1. The van der Waals surface area contributed by atoms with Crippen LogP contribution in [0.4, 0.5) is 0 Å². The Morgan fingerprint density at radius 3 is 2.42 bits per heavy atom. The monoisotopic (exact) mass is 260 g/mol. The molecular weight excluding hydrogens is 232 g/mol. The Bertz CT molecular complexity index is 407. The van der Waals surface area contributed by atoms with Crippen molar-refractivity contribution in [3.05, 3.63) is 35.9 Å². The van der Waals surface area contributed by atoms with Gasteiger partial charge in [-0.05, 0) is 24.8 Å². The smallest absolute Gasteiger partial charge is 0.0535 e. The van der Waals surface area contributed by atoms with E-state index in [0.717, 1.165) is 19.6 Å². The summed E-state index contributed by atoms with van der Waals surface area (Å²) in [5, 5.41) is 3.71. The van der Waals surface area contributed by atoms with Crippen LogP contribution >= 0.6 is 0 Å². The highest BCUT2D eigenvalue weighted by molar-refractivity contribution is 5.25. The van der Waals surface area contributed by atoms with Crippen molar-refractivity contribution >= 4 is 0 Å². The molecule has 106 valence electrons. The maximum atomic E-state index is 3.71. The highest BCUT2D eigenvalue weighted by Gasteiger charge is 2.36. The minimum absolute atomic E-state index is 0.0685. The number of hydrogen-bond acceptors (Lipinski definition) is 2. The number of piperazine rings is 1. The van der Waals surface area contributed by atoms with Crippen LogP contribution in [0.1, 0.15) is 40.2 Å². The standard InChI is InChI=1S/C17H28N2/c1-14(16(2,3)4)19-12-11-18-17(5,13-19)15-9-7-6-8-10-15/h6-10,14,18H,11-13H2,1-5H3. The topological polar surface area (TPSA) is 15.3 Å². The second kappa shape index (κ2) is 5.26.